The van der Waals surface area contributed by atoms with Crippen molar-refractivity contribution in [1.82, 2.24) is 10.2 Å². The molecule has 1 amide bonds. The molecule has 10 heteroatoms. The van der Waals surface area contributed by atoms with E-state index in [-0.39, 0.29) is 47.7 Å². The zero-order valence-electron chi connectivity index (χ0n) is 20.6. The first-order valence-corrected chi connectivity index (χ1v) is 13.0. The molecule has 3 aromatic heterocycles. The third-order valence-corrected chi connectivity index (χ3v) is 7.23. The van der Waals surface area contributed by atoms with Gasteiger partial charge in [-0.15, -0.1) is 18.4 Å². The van der Waals surface area contributed by atoms with Crippen molar-refractivity contribution in [2.45, 2.75) is 20.3 Å². The number of furan rings is 1. The number of halogens is 1. The van der Waals surface area contributed by atoms with Crippen molar-refractivity contribution in [2.24, 2.45) is 5.73 Å². The van der Waals surface area contributed by atoms with Gasteiger partial charge in [0.05, 0.1) is 23.7 Å². The lowest BCUT2D eigenvalue weighted by molar-refractivity contribution is 0.100. The van der Waals surface area contributed by atoms with Gasteiger partial charge in [-0.2, -0.15) is 0 Å². The van der Waals surface area contributed by atoms with Gasteiger partial charge in [0.25, 0.3) is 11.8 Å². The number of ketones is 1. The number of aromatic nitrogens is 2. The van der Waals surface area contributed by atoms with E-state index >= 15 is 4.39 Å². The molecule has 1 atom stereocenters. The predicted molar refractivity (Wildman–Crippen MR) is 141 cm³/mol. The van der Waals surface area contributed by atoms with Crippen LogP contribution in [-0.4, -0.2) is 28.5 Å². The van der Waals surface area contributed by atoms with Gasteiger partial charge >= 0.3 is 0 Å². The quantitative estimate of drug-likeness (QED) is 0.227. The van der Waals surface area contributed by atoms with Crippen LogP contribution < -0.4 is 10.5 Å². The fourth-order valence-electron chi connectivity index (χ4n) is 4.17. The van der Waals surface area contributed by atoms with Crippen molar-refractivity contribution in [2.75, 3.05) is 6.61 Å². The topological polar surface area (TPSA) is 121 Å². The fourth-order valence-corrected chi connectivity index (χ4v) is 5.29. The van der Waals surface area contributed by atoms with Gasteiger partial charge in [-0.1, -0.05) is 13.0 Å². The van der Waals surface area contributed by atoms with Crippen LogP contribution in [0.2, 0.25) is 0 Å². The lowest BCUT2D eigenvalue weighted by Gasteiger charge is -2.13. The molecule has 0 saturated carbocycles. The zero-order valence-corrected chi connectivity index (χ0v) is 21.6. The van der Waals surface area contributed by atoms with Gasteiger partial charge in [-0.3, -0.25) is 9.59 Å². The van der Waals surface area contributed by atoms with Gasteiger partial charge in [-0.05, 0) is 67.2 Å². The average molecular weight is 531 g/mol. The number of carbonyl (C=O) groups excluding carboxylic acids is 2. The summed E-state index contributed by atoms with van der Waals surface area (Å²) in [7, 11) is -0.201. The van der Waals surface area contributed by atoms with E-state index in [1.54, 1.807) is 30.1 Å². The van der Waals surface area contributed by atoms with Crippen molar-refractivity contribution < 1.29 is 27.6 Å². The molecule has 2 N–H and O–H groups in total. The lowest BCUT2D eigenvalue weighted by Crippen LogP contribution is -2.12. The molecule has 192 valence electrons. The number of rotatable bonds is 9. The highest BCUT2D eigenvalue weighted by Crippen LogP contribution is 2.40. The van der Waals surface area contributed by atoms with E-state index in [0.717, 1.165) is 5.56 Å². The van der Waals surface area contributed by atoms with E-state index in [4.69, 9.17) is 19.3 Å². The third-order valence-electron chi connectivity index (χ3n) is 6.01. The molecule has 0 aliphatic heterocycles. The van der Waals surface area contributed by atoms with Crippen LogP contribution in [0.4, 0.5) is 4.39 Å². The van der Waals surface area contributed by atoms with Gasteiger partial charge in [0.1, 0.15) is 11.6 Å². The van der Waals surface area contributed by atoms with E-state index in [1.807, 2.05) is 19.9 Å². The Balaban J connectivity index is 1.64. The number of nitrogens with two attached hydrogens (primary N) is 1. The molecule has 0 fully saturated rings. The summed E-state index contributed by atoms with van der Waals surface area (Å²) in [6.45, 7) is 4.17. The summed E-state index contributed by atoms with van der Waals surface area (Å²) >= 11 is 0. The first-order chi connectivity index (χ1) is 18.4. The molecule has 0 bridgehead atoms. The van der Waals surface area contributed by atoms with Crippen LogP contribution in [0.5, 0.6) is 5.75 Å². The number of ether oxygens (including phenoxy) is 1. The summed E-state index contributed by atoms with van der Waals surface area (Å²) in [4.78, 5) is 26.2. The molecule has 0 spiro atoms. The monoisotopic (exact) mass is 531 g/mol. The average Bonchev–Trinajstić information content (AvgIpc) is 3.69. The van der Waals surface area contributed by atoms with Gasteiger partial charge in [-0.25, -0.2) is 4.39 Å². The predicted octanol–water partition coefficient (Wildman–Crippen LogP) is 6.13. The van der Waals surface area contributed by atoms with Crippen LogP contribution in [0.3, 0.4) is 0 Å². The first-order valence-electron chi connectivity index (χ1n) is 11.9. The maximum absolute atomic E-state index is 15.3. The smallest absolute Gasteiger partial charge is 0.283 e. The zero-order chi connectivity index (χ0) is 26.8. The van der Waals surface area contributed by atoms with Crippen LogP contribution in [0.1, 0.15) is 45.4 Å². The van der Waals surface area contributed by atoms with Crippen LogP contribution >= 0.6 is 8.19 Å². The second-order valence-electron chi connectivity index (χ2n) is 8.35. The normalized spacial score (nSPS) is 11.2. The van der Waals surface area contributed by atoms with Crippen molar-refractivity contribution in [3.63, 3.8) is 0 Å². The summed E-state index contributed by atoms with van der Waals surface area (Å²) in [6.07, 6.45) is 2.19. The Labute approximate surface area is 218 Å². The van der Waals surface area contributed by atoms with E-state index in [9.17, 15) is 9.59 Å². The summed E-state index contributed by atoms with van der Waals surface area (Å²) in [5.41, 5.74) is 7.71. The molecule has 5 aromatic rings. The SMILES string of the molecule is CCOc1ccc(CC)cc1C(=O)c1c[pH]c(C(N)=O)c1-c1cc(-c2nnc(-c3ccco3)o2)ccc1F. The molecule has 5 rings (SSSR count). The van der Waals surface area contributed by atoms with Gasteiger partial charge in [0.2, 0.25) is 5.89 Å². The highest BCUT2D eigenvalue weighted by atomic mass is 31.0. The van der Waals surface area contributed by atoms with Gasteiger partial charge in [0, 0.05) is 22.3 Å². The van der Waals surface area contributed by atoms with Crippen LogP contribution in [0.25, 0.3) is 34.2 Å². The Morgan fingerprint density at radius 2 is 1.87 bits per heavy atom. The van der Waals surface area contributed by atoms with E-state index in [1.165, 1.54) is 24.5 Å². The Morgan fingerprint density at radius 3 is 2.58 bits per heavy atom. The molecule has 0 radical (unpaired) electrons. The highest BCUT2D eigenvalue weighted by Gasteiger charge is 2.27. The van der Waals surface area contributed by atoms with Gasteiger partial charge < -0.3 is 19.3 Å². The molecule has 38 heavy (non-hydrogen) atoms. The third kappa shape index (κ3) is 4.64. The molecule has 1 unspecified atom stereocenters. The number of carbonyl (C=O) groups is 2. The lowest BCUT2D eigenvalue weighted by atomic mass is 9.93. The summed E-state index contributed by atoms with van der Waals surface area (Å²) < 4.78 is 32.0. The summed E-state index contributed by atoms with van der Waals surface area (Å²) in [6, 6.07) is 12.9. The maximum Gasteiger partial charge on any atom is 0.283 e. The maximum atomic E-state index is 15.3. The number of primary amides is 1. The molecule has 8 nitrogen and oxygen atoms in total. The highest BCUT2D eigenvalue weighted by molar-refractivity contribution is 7.32. The van der Waals surface area contributed by atoms with Crippen molar-refractivity contribution in [3.05, 3.63) is 88.4 Å². The molecular formula is C28H23FN3O5P. The number of nitrogens with zero attached hydrogens (tertiary/aromatic N) is 2. The van der Waals surface area contributed by atoms with Crippen molar-refractivity contribution >= 4 is 19.9 Å². The van der Waals surface area contributed by atoms with Crippen LogP contribution in [-0.2, 0) is 6.42 Å². The molecule has 3 heterocycles. The molecule has 0 saturated heterocycles. The Kier molecular flexibility index (Phi) is 6.94. The van der Waals surface area contributed by atoms with Crippen LogP contribution in [0.15, 0.2) is 69.4 Å². The van der Waals surface area contributed by atoms with Gasteiger partial charge in [0.15, 0.2) is 11.5 Å². The Hall–Kier alpha value is -4.49. The summed E-state index contributed by atoms with van der Waals surface area (Å²) in [5, 5.41) is 8.19. The Morgan fingerprint density at radius 1 is 1.05 bits per heavy atom. The largest absolute Gasteiger partial charge is 0.493 e. The standard InChI is InChI=1S/C28H23FN3O5P/c1-3-15-7-10-21(35-4-2)18(12-15)24(33)19-14-38-25(26(30)34)23(19)17-13-16(8-9-20(17)29)27-31-32-28(37-27)22-6-5-11-36-22/h5-14,38H,3-4H2,1-2H3,(H2,30,34). The number of hydrogen-bond acceptors (Lipinski definition) is 7. The number of aryl methyl sites for hydroxylation is 1. The van der Waals surface area contributed by atoms with Crippen LogP contribution in [0, 0.1) is 5.82 Å². The first kappa shape index (κ1) is 25.2. The van der Waals surface area contributed by atoms with Crippen molar-refractivity contribution in [1.29, 1.82) is 0 Å². The minimum Gasteiger partial charge on any atom is -0.493 e. The molecule has 0 aliphatic carbocycles. The minimum atomic E-state index is -0.729. The molecule has 2 aromatic carbocycles. The number of benzene rings is 2. The Bertz CT molecular complexity index is 1640. The second-order valence-corrected chi connectivity index (χ2v) is 9.42. The fraction of sp³-hybridized carbons (Fsp3) is 0.143. The summed E-state index contributed by atoms with van der Waals surface area (Å²) in [5.74, 6) is 0.952. The van der Waals surface area contributed by atoms with Crippen molar-refractivity contribution in [3.8, 4) is 40.0 Å². The molecule has 0 aliphatic rings. The van der Waals surface area contributed by atoms with E-state index in [0.29, 0.717) is 35.7 Å². The number of hydrogen-bond donors (Lipinski definition) is 1. The second kappa shape index (κ2) is 10.5. The van der Waals surface area contributed by atoms with E-state index in [2.05, 4.69) is 10.2 Å². The molecular weight excluding hydrogens is 508 g/mol. The number of amides is 1. The minimum absolute atomic E-state index is 0.0308. The van der Waals surface area contributed by atoms with E-state index < -0.39 is 11.7 Å².